The molecule has 4 nitrogen and oxygen atoms in total. The molecule has 1 unspecified atom stereocenters. The fraction of sp³-hybridized carbons (Fsp3) is 0.688. The number of carbonyl (C=O) groups is 1. The van der Waals surface area contributed by atoms with Crippen molar-refractivity contribution in [2.24, 2.45) is 0 Å². The molecule has 1 aromatic rings. The van der Waals surface area contributed by atoms with Gasteiger partial charge in [-0.2, -0.15) is 0 Å². The Bertz CT molecular complexity index is 420. The zero-order valence-electron chi connectivity index (χ0n) is 12.6. The molecule has 0 bridgehead atoms. The average molecular weight is 278 g/mol. The molecule has 1 atom stereocenters. The van der Waals surface area contributed by atoms with Gasteiger partial charge in [-0.1, -0.05) is 25.7 Å². The Morgan fingerprint density at radius 3 is 2.60 bits per heavy atom. The molecule has 1 aromatic heterocycles. The first-order chi connectivity index (χ1) is 9.65. The van der Waals surface area contributed by atoms with Crippen LogP contribution in [-0.2, 0) is 4.79 Å². The highest BCUT2D eigenvalue weighted by atomic mass is 16.3. The van der Waals surface area contributed by atoms with Gasteiger partial charge >= 0.3 is 0 Å². The summed E-state index contributed by atoms with van der Waals surface area (Å²) >= 11 is 0. The smallest absolute Gasteiger partial charge is 0.234 e. The minimum absolute atomic E-state index is 0.0589. The number of hydrogen-bond acceptors (Lipinski definition) is 3. The van der Waals surface area contributed by atoms with Gasteiger partial charge in [-0.15, -0.1) is 0 Å². The molecule has 20 heavy (non-hydrogen) atoms. The van der Waals surface area contributed by atoms with E-state index in [1.54, 1.807) is 0 Å². The second-order valence-corrected chi connectivity index (χ2v) is 5.81. The van der Waals surface area contributed by atoms with Crippen molar-refractivity contribution in [3.05, 3.63) is 23.7 Å². The van der Waals surface area contributed by atoms with Crippen LogP contribution in [0.25, 0.3) is 0 Å². The Balaban J connectivity index is 1.71. The molecule has 1 aliphatic carbocycles. The Morgan fingerprint density at radius 1 is 1.30 bits per heavy atom. The number of amides is 1. The summed E-state index contributed by atoms with van der Waals surface area (Å²) in [5.41, 5.74) is 0. The van der Waals surface area contributed by atoms with Crippen LogP contribution in [0.2, 0.25) is 0 Å². The number of carbonyl (C=O) groups excluding carboxylic acids is 1. The van der Waals surface area contributed by atoms with Gasteiger partial charge in [0.2, 0.25) is 5.91 Å². The lowest BCUT2D eigenvalue weighted by atomic mass is 10.1. The van der Waals surface area contributed by atoms with Crippen molar-refractivity contribution in [1.82, 2.24) is 10.6 Å². The molecular formula is C16H26N2O2. The van der Waals surface area contributed by atoms with Crippen molar-refractivity contribution in [1.29, 1.82) is 0 Å². The van der Waals surface area contributed by atoms with Gasteiger partial charge < -0.3 is 9.73 Å². The van der Waals surface area contributed by atoms with Crippen LogP contribution in [0.3, 0.4) is 0 Å². The highest BCUT2D eigenvalue weighted by Gasteiger charge is 2.16. The van der Waals surface area contributed by atoms with Crippen LogP contribution in [0.15, 0.2) is 16.5 Å². The van der Waals surface area contributed by atoms with Crippen molar-refractivity contribution in [3.63, 3.8) is 0 Å². The van der Waals surface area contributed by atoms with E-state index in [1.807, 2.05) is 26.0 Å². The predicted molar refractivity (Wildman–Crippen MR) is 79.5 cm³/mol. The van der Waals surface area contributed by atoms with E-state index in [1.165, 1.54) is 25.7 Å². The number of nitrogens with one attached hydrogen (secondary N) is 2. The fourth-order valence-electron chi connectivity index (χ4n) is 2.73. The quantitative estimate of drug-likeness (QED) is 0.814. The molecule has 1 heterocycles. The lowest BCUT2D eigenvalue weighted by molar-refractivity contribution is -0.121. The van der Waals surface area contributed by atoms with E-state index in [0.717, 1.165) is 24.4 Å². The van der Waals surface area contributed by atoms with Crippen molar-refractivity contribution < 1.29 is 9.21 Å². The Morgan fingerprint density at radius 2 is 2.00 bits per heavy atom. The SMILES string of the molecule is Cc1ccc(C(C)NCC(=O)NC2CCCCCC2)o1. The Kier molecular flexibility index (Phi) is 5.65. The van der Waals surface area contributed by atoms with Crippen LogP contribution < -0.4 is 10.6 Å². The molecule has 1 aliphatic rings. The largest absolute Gasteiger partial charge is 0.465 e. The van der Waals surface area contributed by atoms with Crippen LogP contribution in [0.1, 0.15) is 63.0 Å². The van der Waals surface area contributed by atoms with Gasteiger partial charge in [0.1, 0.15) is 11.5 Å². The molecule has 0 spiro atoms. The van der Waals surface area contributed by atoms with Gasteiger partial charge in [0, 0.05) is 6.04 Å². The molecule has 0 aliphatic heterocycles. The summed E-state index contributed by atoms with van der Waals surface area (Å²) in [5.74, 6) is 1.87. The maximum absolute atomic E-state index is 12.0. The van der Waals surface area contributed by atoms with E-state index in [2.05, 4.69) is 10.6 Å². The standard InChI is InChI=1S/C16H26N2O2/c1-12-9-10-15(20-12)13(2)17-11-16(19)18-14-7-5-3-4-6-8-14/h9-10,13-14,17H,3-8,11H2,1-2H3,(H,18,19). The zero-order chi connectivity index (χ0) is 14.4. The van der Waals surface area contributed by atoms with Crippen LogP contribution in [0, 0.1) is 6.92 Å². The number of aryl methyl sites for hydroxylation is 1. The first-order valence-electron chi connectivity index (χ1n) is 7.74. The lowest BCUT2D eigenvalue weighted by Gasteiger charge is -2.17. The molecule has 2 rings (SSSR count). The summed E-state index contributed by atoms with van der Waals surface area (Å²) in [6.45, 7) is 4.28. The van der Waals surface area contributed by atoms with Gasteiger partial charge in [-0.3, -0.25) is 10.1 Å². The van der Waals surface area contributed by atoms with E-state index in [-0.39, 0.29) is 11.9 Å². The lowest BCUT2D eigenvalue weighted by Crippen LogP contribution is -2.40. The number of rotatable bonds is 5. The van der Waals surface area contributed by atoms with E-state index in [4.69, 9.17) is 4.42 Å². The highest BCUT2D eigenvalue weighted by molar-refractivity contribution is 5.78. The van der Waals surface area contributed by atoms with E-state index in [9.17, 15) is 4.79 Å². The molecule has 0 saturated heterocycles. The van der Waals surface area contributed by atoms with Gasteiger partial charge in [0.05, 0.1) is 12.6 Å². The van der Waals surface area contributed by atoms with Gasteiger partial charge in [0.25, 0.3) is 0 Å². The first-order valence-corrected chi connectivity index (χ1v) is 7.74. The summed E-state index contributed by atoms with van der Waals surface area (Å²) in [6, 6.07) is 4.33. The normalized spacial score (nSPS) is 18.5. The van der Waals surface area contributed by atoms with Crippen LogP contribution in [0.4, 0.5) is 0 Å². The minimum atomic E-state index is 0.0589. The zero-order valence-corrected chi connectivity index (χ0v) is 12.6. The molecule has 1 fully saturated rings. The van der Waals surface area contributed by atoms with E-state index in [0.29, 0.717) is 12.6 Å². The topological polar surface area (TPSA) is 54.3 Å². The van der Waals surface area contributed by atoms with Crippen molar-refractivity contribution in [2.75, 3.05) is 6.54 Å². The molecule has 0 aromatic carbocycles. The van der Waals surface area contributed by atoms with Crippen LogP contribution in [-0.4, -0.2) is 18.5 Å². The Hall–Kier alpha value is -1.29. The monoisotopic (exact) mass is 278 g/mol. The van der Waals surface area contributed by atoms with E-state index >= 15 is 0 Å². The summed E-state index contributed by atoms with van der Waals surface area (Å²) in [7, 11) is 0. The summed E-state index contributed by atoms with van der Waals surface area (Å²) < 4.78 is 5.55. The average Bonchev–Trinajstić information content (AvgIpc) is 2.70. The molecular weight excluding hydrogens is 252 g/mol. The van der Waals surface area contributed by atoms with Gasteiger partial charge in [-0.25, -0.2) is 0 Å². The van der Waals surface area contributed by atoms with E-state index < -0.39 is 0 Å². The van der Waals surface area contributed by atoms with Crippen LogP contribution >= 0.6 is 0 Å². The van der Waals surface area contributed by atoms with Gasteiger partial charge in [0.15, 0.2) is 0 Å². The third kappa shape index (κ3) is 4.67. The number of furan rings is 1. The van der Waals surface area contributed by atoms with Crippen molar-refractivity contribution >= 4 is 5.91 Å². The third-order valence-corrected chi connectivity index (χ3v) is 3.98. The maximum atomic E-state index is 12.0. The fourth-order valence-corrected chi connectivity index (χ4v) is 2.73. The van der Waals surface area contributed by atoms with Crippen LogP contribution in [0.5, 0.6) is 0 Å². The second-order valence-electron chi connectivity index (χ2n) is 5.81. The highest BCUT2D eigenvalue weighted by Crippen LogP contribution is 2.17. The molecule has 2 N–H and O–H groups in total. The van der Waals surface area contributed by atoms with Crippen molar-refractivity contribution in [2.45, 2.75) is 64.5 Å². The summed E-state index contributed by atoms with van der Waals surface area (Å²) in [4.78, 5) is 12.0. The summed E-state index contributed by atoms with van der Waals surface area (Å²) in [6.07, 6.45) is 7.33. The molecule has 1 saturated carbocycles. The maximum Gasteiger partial charge on any atom is 0.234 e. The molecule has 4 heteroatoms. The number of hydrogen-bond donors (Lipinski definition) is 2. The first kappa shape index (κ1) is 15.1. The molecule has 1 amide bonds. The molecule has 112 valence electrons. The minimum Gasteiger partial charge on any atom is -0.465 e. The van der Waals surface area contributed by atoms with Crippen molar-refractivity contribution in [3.8, 4) is 0 Å². The summed E-state index contributed by atoms with van der Waals surface area (Å²) in [5, 5.41) is 6.35. The Labute approximate surface area is 121 Å². The second kappa shape index (κ2) is 7.48. The predicted octanol–water partition coefficient (Wildman–Crippen LogP) is 3.08. The van der Waals surface area contributed by atoms with Gasteiger partial charge in [-0.05, 0) is 38.8 Å². The third-order valence-electron chi connectivity index (χ3n) is 3.98. The molecule has 0 radical (unpaired) electrons.